The van der Waals surface area contributed by atoms with Gasteiger partial charge < -0.3 is 25.4 Å². The van der Waals surface area contributed by atoms with Crippen molar-refractivity contribution in [2.24, 2.45) is 5.92 Å². The second kappa shape index (κ2) is 9.07. The Hall–Kier alpha value is -2.58. The van der Waals surface area contributed by atoms with E-state index in [4.69, 9.17) is 4.74 Å². The molecule has 1 rings (SSSR count). The summed E-state index contributed by atoms with van der Waals surface area (Å²) in [6.45, 7) is 11.8. The van der Waals surface area contributed by atoms with E-state index in [-0.39, 0.29) is 6.54 Å². The molecule has 3 unspecified atom stereocenters. The Kier molecular flexibility index (Phi) is 7.60. The number of carbonyl (C=O) groups is 4. The van der Waals surface area contributed by atoms with Crippen LogP contribution in [0.3, 0.4) is 0 Å². The number of alkyl carbamates (subject to hydrolysis) is 1. The van der Waals surface area contributed by atoms with Gasteiger partial charge in [0.1, 0.15) is 23.7 Å². The Labute approximate surface area is 165 Å². The summed E-state index contributed by atoms with van der Waals surface area (Å²) in [6.07, 6.45) is 1.76. The number of nitrogens with zero attached hydrogens (tertiary/aromatic N) is 1. The monoisotopic (exact) mass is 397 g/mol. The van der Waals surface area contributed by atoms with Gasteiger partial charge in [-0.05, 0) is 40.5 Å². The quantitative estimate of drug-likeness (QED) is 0.556. The number of nitrogens with one attached hydrogen (secondary N) is 2. The molecule has 0 saturated carbocycles. The van der Waals surface area contributed by atoms with Crippen molar-refractivity contribution in [3.63, 3.8) is 0 Å². The fraction of sp³-hybridized carbons (Fsp3) is 0.684. The summed E-state index contributed by atoms with van der Waals surface area (Å²) in [5.74, 6) is -2.68. The molecule has 0 aliphatic carbocycles. The summed E-state index contributed by atoms with van der Waals surface area (Å²) in [4.78, 5) is 49.9. The first-order valence-electron chi connectivity index (χ1n) is 9.26. The van der Waals surface area contributed by atoms with Crippen molar-refractivity contribution in [2.45, 2.75) is 64.6 Å². The average Bonchev–Trinajstić information content (AvgIpc) is 3.06. The first kappa shape index (κ1) is 23.5. The summed E-state index contributed by atoms with van der Waals surface area (Å²) >= 11 is 0. The van der Waals surface area contributed by atoms with Gasteiger partial charge in [0.05, 0.1) is 0 Å². The molecule has 1 fully saturated rings. The fourth-order valence-corrected chi connectivity index (χ4v) is 2.84. The molecule has 0 aromatic heterocycles. The maximum absolute atomic E-state index is 12.7. The second-order valence-electron chi connectivity index (χ2n) is 8.12. The Morgan fingerprint density at radius 1 is 1.29 bits per heavy atom. The SMILES string of the molecule is C=CC(C)C(C)(NC(=O)C1CCCN1C(=O)CNC(=O)OC(C)(C)C)C(=O)O. The Bertz CT molecular complexity index is 642. The van der Waals surface area contributed by atoms with Crippen LogP contribution in [0.15, 0.2) is 12.7 Å². The fourth-order valence-electron chi connectivity index (χ4n) is 2.84. The molecule has 0 spiro atoms. The van der Waals surface area contributed by atoms with Crippen LogP contribution in [0.1, 0.15) is 47.5 Å². The zero-order valence-corrected chi connectivity index (χ0v) is 17.2. The van der Waals surface area contributed by atoms with Gasteiger partial charge in [-0.1, -0.05) is 13.0 Å². The standard InChI is InChI=1S/C19H31N3O6/c1-7-12(2)19(6,16(25)26)21-15(24)13-9-8-10-22(13)14(23)11-20-17(27)28-18(3,4)5/h7,12-13H,1,8-11H2,2-6H3,(H,20,27)(H,21,24)(H,25,26). The van der Waals surface area contributed by atoms with Crippen molar-refractivity contribution in [3.8, 4) is 0 Å². The van der Waals surface area contributed by atoms with Crippen LogP contribution in [0.2, 0.25) is 0 Å². The number of likely N-dealkylation sites (tertiary alicyclic amines) is 1. The molecule has 0 aromatic carbocycles. The molecule has 3 atom stereocenters. The lowest BCUT2D eigenvalue weighted by molar-refractivity contribution is -0.149. The highest BCUT2D eigenvalue weighted by molar-refractivity contribution is 5.93. The molecule has 158 valence electrons. The van der Waals surface area contributed by atoms with Crippen molar-refractivity contribution in [1.29, 1.82) is 0 Å². The minimum Gasteiger partial charge on any atom is -0.479 e. The summed E-state index contributed by atoms with van der Waals surface area (Å²) in [7, 11) is 0. The molecule has 0 bridgehead atoms. The van der Waals surface area contributed by atoms with Crippen LogP contribution in [-0.4, -0.2) is 64.2 Å². The number of hydrogen-bond acceptors (Lipinski definition) is 5. The number of carboxylic acids is 1. The van der Waals surface area contributed by atoms with Crippen LogP contribution in [-0.2, 0) is 19.1 Å². The topological polar surface area (TPSA) is 125 Å². The van der Waals surface area contributed by atoms with E-state index in [1.807, 2.05) is 0 Å². The van der Waals surface area contributed by atoms with Crippen LogP contribution < -0.4 is 10.6 Å². The van der Waals surface area contributed by atoms with E-state index in [2.05, 4.69) is 17.2 Å². The van der Waals surface area contributed by atoms with E-state index >= 15 is 0 Å². The van der Waals surface area contributed by atoms with Crippen LogP contribution in [0.5, 0.6) is 0 Å². The Balaban J connectivity index is 2.76. The van der Waals surface area contributed by atoms with Gasteiger partial charge in [-0.2, -0.15) is 0 Å². The third-order valence-corrected chi connectivity index (χ3v) is 4.75. The average molecular weight is 397 g/mol. The van der Waals surface area contributed by atoms with Gasteiger partial charge in [0.2, 0.25) is 11.8 Å². The molecule has 1 aliphatic heterocycles. The van der Waals surface area contributed by atoms with E-state index < -0.39 is 47.0 Å². The molecule has 0 aromatic rings. The molecule has 1 aliphatic rings. The zero-order chi connectivity index (χ0) is 21.7. The van der Waals surface area contributed by atoms with Gasteiger partial charge in [-0.25, -0.2) is 9.59 Å². The summed E-state index contributed by atoms with van der Waals surface area (Å²) in [6, 6.07) is -0.788. The number of amides is 3. The van der Waals surface area contributed by atoms with Crippen LogP contribution in [0, 0.1) is 5.92 Å². The van der Waals surface area contributed by atoms with Crippen molar-refractivity contribution >= 4 is 23.9 Å². The van der Waals surface area contributed by atoms with Gasteiger partial charge in [-0.15, -0.1) is 6.58 Å². The zero-order valence-electron chi connectivity index (χ0n) is 17.2. The van der Waals surface area contributed by atoms with Crippen molar-refractivity contribution < 1.29 is 29.0 Å². The molecule has 3 N–H and O–H groups in total. The lowest BCUT2D eigenvalue weighted by Gasteiger charge is -2.33. The lowest BCUT2D eigenvalue weighted by atomic mass is 9.86. The number of ether oxygens (including phenoxy) is 1. The number of aliphatic carboxylic acids is 1. The van der Waals surface area contributed by atoms with E-state index in [0.717, 1.165) is 0 Å². The van der Waals surface area contributed by atoms with Gasteiger partial charge >= 0.3 is 12.1 Å². The van der Waals surface area contributed by atoms with Crippen LogP contribution in [0.4, 0.5) is 4.79 Å². The minimum absolute atomic E-state index is 0.308. The van der Waals surface area contributed by atoms with E-state index in [1.165, 1.54) is 17.9 Å². The highest BCUT2D eigenvalue weighted by atomic mass is 16.6. The number of carbonyl (C=O) groups excluding carboxylic acids is 3. The molecule has 9 nitrogen and oxygen atoms in total. The molecular formula is C19H31N3O6. The number of carboxylic acid groups (broad SMARTS) is 1. The maximum atomic E-state index is 12.7. The largest absolute Gasteiger partial charge is 0.479 e. The van der Waals surface area contributed by atoms with Crippen molar-refractivity contribution in [1.82, 2.24) is 15.5 Å². The van der Waals surface area contributed by atoms with Crippen LogP contribution >= 0.6 is 0 Å². The number of rotatable bonds is 7. The maximum Gasteiger partial charge on any atom is 0.408 e. The smallest absolute Gasteiger partial charge is 0.408 e. The van der Waals surface area contributed by atoms with E-state index in [0.29, 0.717) is 19.4 Å². The third-order valence-electron chi connectivity index (χ3n) is 4.75. The van der Waals surface area contributed by atoms with Gasteiger partial charge in [0.15, 0.2) is 0 Å². The van der Waals surface area contributed by atoms with Crippen molar-refractivity contribution in [3.05, 3.63) is 12.7 Å². The predicted molar refractivity (Wildman–Crippen MR) is 103 cm³/mol. The summed E-state index contributed by atoms with van der Waals surface area (Å²) < 4.78 is 5.08. The van der Waals surface area contributed by atoms with Gasteiger partial charge in [0, 0.05) is 12.5 Å². The second-order valence-corrected chi connectivity index (χ2v) is 8.12. The molecule has 1 heterocycles. The minimum atomic E-state index is -1.54. The highest BCUT2D eigenvalue weighted by Gasteiger charge is 2.43. The Morgan fingerprint density at radius 2 is 1.89 bits per heavy atom. The molecule has 9 heteroatoms. The van der Waals surface area contributed by atoms with E-state index in [1.54, 1.807) is 27.7 Å². The number of hydrogen-bond donors (Lipinski definition) is 3. The molecular weight excluding hydrogens is 366 g/mol. The predicted octanol–water partition coefficient (Wildman–Crippen LogP) is 1.28. The van der Waals surface area contributed by atoms with Crippen LogP contribution in [0.25, 0.3) is 0 Å². The first-order valence-corrected chi connectivity index (χ1v) is 9.26. The summed E-state index contributed by atoms with van der Waals surface area (Å²) in [5.41, 5.74) is -2.22. The lowest BCUT2D eigenvalue weighted by Crippen LogP contribution is -2.60. The van der Waals surface area contributed by atoms with E-state index in [9.17, 15) is 24.3 Å². The molecule has 1 saturated heterocycles. The normalized spacial score (nSPS) is 19.9. The molecule has 0 radical (unpaired) electrons. The van der Waals surface area contributed by atoms with Crippen molar-refractivity contribution in [2.75, 3.05) is 13.1 Å². The summed E-state index contributed by atoms with van der Waals surface area (Å²) in [5, 5.41) is 14.5. The third kappa shape index (κ3) is 5.97. The molecule has 28 heavy (non-hydrogen) atoms. The molecule has 3 amide bonds. The first-order chi connectivity index (χ1) is 12.8. The highest BCUT2D eigenvalue weighted by Crippen LogP contribution is 2.22. The Morgan fingerprint density at radius 3 is 2.39 bits per heavy atom. The van der Waals surface area contributed by atoms with Gasteiger partial charge in [0.25, 0.3) is 0 Å². The van der Waals surface area contributed by atoms with Gasteiger partial charge in [-0.3, -0.25) is 9.59 Å².